The van der Waals surface area contributed by atoms with Gasteiger partial charge in [-0.15, -0.1) is 0 Å². The van der Waals surface area contributed by atoms with Gasteiger partial charge in [0.2, 0.25) is 0 Å². The van der Waals surface area contributed by atoms with Crippen LogP contribution in [0.3, 0.4) is 0 Å². The molecule has 0 N–H and O–H groups in total. The zero-order chi connectivity index (χ0) is 20.1. The van der Waals surface area contributed by atoms with E-state index in [1.165, 1.54) is 0 Å². The van der Waals surface area contributed by atoms with Gasteiger partial charge in [0.25, 0.3) is 0 Å². The molecule has 0 atom stereocenters. The predicted molar refractivity (Wildman–Crippen MR) is 122 cm³/mol. The van der Waals surface area contributed by atoms with Gasteiger partial charge in [0, 0.05) is 31.4 Å². The third-order valence-corrected chi connectivity index (χ3v) is 4.68. The van der Waals surface area contributed by atoms with Crippen molar-refractivity contribution in [3.05, 3.63) is 96.2 Å². The molecule has 0 saturated carbocycles. The summed E-state index contributed by atoms with van der Waals surface area (Å²) in [6, 6.07) is 26.2. The van der Waals surface area contributed by atoms with Crippen LogP contribution in [0.4, 0.5) is 17.1 Å². The second-order valence-electron chi connectivity index (χ2n) is 6.95. The Bertz CT molecular complexity index is 1150. The van der Waals surface area contributed by atoms with Crippen LogP contribution in [0.5, 0.6) is 0 Å². The number of hydrogen-bond donors (Lipinski definition) is 0. The second kappa shape index (κ2) is 8.48. The Morgan fingerprint density at radius 3 is 2.07 bits per heavy atom. The van der Waals surface area contributed by atoms with Crippen molar-refractivity contribution in [2.75, 3.05) is 19.0 Å². The number of nitrogens with zero attached hydrogens (tertiary/aromatic N) is 4. The number of pyridine rings is 1. The molecule has 4 aromatic rings. The molecule has 1 aromatic heterocycles. The van der Waals surface area contributed by atoms with Crippen molar-refractivity contribution in [1.29, 1.82) is 0 Å². The lowest BCUT2D eigenvalue weighted by Gasteiger charge is -2.11. The topological polar surface area (TPSA) is 40.9 Å². The number of benzene rings is 3. The molecule has 0 fully saturated rings. The van der Waals surface area contributed by atoms with Gasteiger partial charge in [-0.2, -0.15) is 10.2 Å². The molecule has 0 radical (unpaired) electrons. The maximum atomic E-state index is 4.41. The van der Waals surface area contributed by atoms with E-state index in [4.69, 9.17) is 0 Å². The fraction of sp³-hybridized carbons (Fsp3) is 0.0800. The van der Waals surface area contributed by atoms with E-state index in [9.17, 15) is 0 Å². The molecule has 0 aliphatic heterocycles. The summed E-state index contributed by atoms with van der Waals surface area (Å²) in [5.74, 6) is 0. The van der Waals surface area contributed by atoms with Crippen LogP contribution in [0.25, 0.3) is 23.1 Å². The van der Waals surface area contributed by atoms with Crippen molar-refractivity contribution in [2.45, 2.75) is 0 Å². The molecule has 3 aromatic carbocycles. The van der Waals surface area contributed by atoms with Gasteiger partial charge < -0.3 is 4.90 Å². The van der Waals surface area contributed by atoms with Crippen LogP contribution in [-0.4, -0.2) is 19.1 Å². The Balaban J connectivity index is 1.47. The van der Waals surface area contributed by atoms with E-state index < -0.39 is 0 Å². The Labute approximate surface area is 170 Å². The molecule has 0 saturated heterocycles. The highest BCUT2D eigenvalue weighted by atomic mass is 15.1. The van der Waals surface area contributed by atoms with Gasteiger partial charge in [0.1, 0.15) is 0 Å². The van der Waals surface area contributed by atoms with Crippen LogP contribution >= 0.6 is 0 Å². The molecule has 0 aliphatic rings. The molecule has 4 heteroatoms. The van der Waals surface area contributed by atoms with Crippen molar-refractivity contribution in [3.63, 3.8) is 0 Å². The fourth-order valence-electron chi connectivity index (χ4n) is 3.03. The Hall–Kier alpha value is -3.79. The molecule has 1 heterocycles. The lowest BCUT2D eigenvalue weighted by atomic mass is 10.1. The zero-order valence-corrected chi connectivity index (χ0v) is 16.5. The van der Waals surface area contributed by atoms with Gasteiger partial charge in [0.05, 0.1) is 16.9 Å². The number of rotatable bonds is 5. The van der Waals surface area contributed by atoms with E-state index in [2.05, 4.69) is 38.3 Å². The van der Waals surface area contributed by atoms with Crippen molar-refractivity contribution < 1.29 is 0 Å². The zero-order valence-electron chi connectivity index (χ0n) is 16.5. The third kappa shape index (κ3) is 4.55. The maximum absolute atomic E-state index is 4.41. The summed E-state index contributed by atoms with van der Waals surface area (Å²) in [6.45, 7) is 0. The quantitative estimate of drug-likeness (QED) is 0.355. The minimum atomic E-state index is 0.827. The Morgan fingerprint density at radius 1 is 0.724 bits per heavy atom. The molecular weight excluding hydrogens is 356 g/mol. The van der Waals surface area contributed by atoms with Gasteiger partial charge in [-0.3, -0.25) is 4.98 Å². The van der Waals surface area contributed by atoms with E-state index in [0.717, 1.165) is 39.1 Å². The average molecular weight is 378 g/mol. The van der Waals surface area contributed by atoms with Crippen LogP contribution in [0.1, 0.15) is 11.1 Å². The normalized spacial score (nSPS) is 11.5. The first-order valence-corrected chi connectivity index (χ1v) is 9.50. The smallest absolute Gasteiger partial charge is 0.0858 e. The summed E-state index contributed by atoms with van der Waals surface area (Å²) < 4.78 is 0. The summed E-state index contributed by atoms with van der Waals surface area (Å²) in [4.78, 5) is 6.47. The van der Waals surface area contributed by atoms with Crippen LogP contribution < -0.4 is 4.90 Å². The molecule has 4 nitrogen and oxygen atoms in total. The monoisotopic (exact) mass is 378 g/mol. The van der Waals surface area contributed by atoms with Gasteiger partial charge in [-0.25, -0.2) is 0 Å². The molecule has 0 unspecified atom stereocenters. The number of hydrogen-bond acceptors (Lipinski definition) is 4. The van der Waals surface area contributed by atoms with Crippen LogP contribution in [0.2, 0.25) is 0 Å². The van der Waals surface area contributed by atoms with Crippen molar-refractivity contribution in [1.82, 2.24) is 4.98 Å². The van der Waals surface area contributed by atoms with Crippen molar-refractivity contribution in [3.8, 4) is 0 Å². The molecular formula is C25H22N4. The number of fused-ring (bicyclic) bond motifs is 1. The van der Waals surface area contributed by atoms with E-state index in [-0.39, 0.29) is 0 Å². The fourth-order valence-corrected chi connectivity index (χ4v) is 3.03. The second-order valence-corrected chi connectivity index (χ2v) is 6.95. The van der Waals surface area contributed by atoms with Gasteiger partial charge >= 0.3 is 0 Å². The van der Waals surface area contributed by atoms with E-state index in [0.29, 0.717) is 0 Å². The highest BCUT2D eigenvalue weighted by Crippen LogP contribution is 2.23. The molecule has 142 valence electrons. The maximum Gasteiger partial charge on any atom is 0.0858 e. The molecule has 29 heavy (non-hydrogen) atoms. The molecule has 0 bridgehead atoms. The first-order chi connectivity index (χ1) is 14.2. The Morgan fingerprint density at radius 2 is 1.38 bits per heavy atom. The van der Waals surface area contributed by atoms with Crippen molar-refractivity contribution >= 4 is 40.1 Å². The summed E-state index contributed by atoms with van der Waals surface area (Å²) >= 11 is 0. The third-order valence-electron chi connectivity index (χ3n) is 4.68. The first kappa shape index (κ1) is 18.6. The number of azo groups is 1. The minimum Gasteiger partial charge on any atom is -0.378 e. The van der Waals surface area contributed by atoms with Crippen LogP contribution in [0, 0.1) is 0 Å². The lowest BCUT2D eigenvalue weighted by molar-refractivity contribution is 1.13. The van der Waals surface area contributed by atoms with Gasteiger partial charge in [-0.05, 0) is 59.7 Å². The van der Waals surface area contributed by atoms with Gasteiger partial charge in [-0.1, -0.05) is 42.5 Å². The molecule has 0 spiro atoms. The SMILES string of the molecule is CN(C)c1ccc(N=Nc2ccc(/C=C/c3ccnc4ccccc34)cc2)cc1. The van der Waals surface area contributed by atoms with Crippen LogP contribution in [0.15, 0.2) is 95.3 Å². The van der Waals surface area contributed by atoms with Gasteiger partial charge in [0.15, 0.2) is 0 Å². The largest absolute Gasteiger partial charge is 0.378 e. The Kier molecular flexibility index (Phi) is 5.43. The average Bonchev–Trinajstić information content (AvgIpc) is 2.77. The van der Waals surface area contributed by atoms with E-state index >= 15 is 0 Å². The lowest BCUT2D eigenvalue weighted by Crippen LogP contribution is -2.07. The molecule has 0 aliphatic carbocycles. The number of aromatic nitrogens is 1. The summed E-state index contributed by atoms with van der Waals surface area (Å²) in [5, 5.41) is 9.80. The van der Waals surface area contributed by atoms with Crippen molar-refractivity contribution in [2.24, 2.45) is 10.2 Å². The number of anilines is 1. The summed E-state index contributed by atoms with van der Waals surface area (Å²) in [6.07, 6.45) is 6.06. The van der Waals surface area contributed by atoms with E-state index in [1.54, 1.807) is 0 Å². The molecule has 4 rings (SSSR count). The summed E-state index contributed by atoms with van der Waals surface area (Å²) in [7, 11) is 4.04. The predicted octanol–water partition coefficient (Wildman–Crippen LogP) is 6.89. The standard InChI is InChI=1S/C25H22N4/c1-29(2)23-15-13-22(14-16-23)28-27-21-11-8-19(9-12-21)7-10-20-17-18-26-25-6-4-3-5-24(20)25/h3-18H,1-2H3/b10-7+,28-27?. The molecule has 0 amide bonds. The van der Waals surface area contributed by atoms with E-state index in [1.807, 2.05) is 93.1 Å². The number of para-hydroxylation sites is 1. The highest BCUT2D eigenvalue weighted by Gasteiger charge is 1.98. The highest BCUT2D eigenvalue weighted by molar-refractivity contribution is 5.90. The van der Waals surface area contributed by atoms with Crippen LogP contribution in [-0.2, 0) is 0 Å². The summed E-state index contributed by atoms with van der Waals surface area (Å²) in [5.41, 5.74) is 6.07. The first-order valence-electron chi connectivity index (χ1n) is 9.50. The minimum absolute atomic E-state index is 0.827.